The number of likely N-dealkylation sites (tertiary alicyclic amines) is 1. The van der Waals surface area contributed by atoms with Crippen LogP contribution >= 0.6 is 0 Å². The Bertz CT molecular complexity index is 2000. The van der Waals surface area contributed by atoms with E-state index < -0.39 is 29.7 Å². The molecule has 0 spiro atoms. The first kappa shape index (κ1) is 36.6. The highest BCUT2D eigenvalue weighted by Gasteiger charge is 2.44. The quantitative estimate of drug-likeness (QED) is 0.141. The minimum atomic E-state index is -0.992. The predicted octanol–water partition coefficient (Wildman–Crippen LogP) is 2.90. The van der Waals surface area contributed by atoms with Crippen molar-refractivity contribution < 1.29 is 28.7 Å². The van der Waals surface area contributed by atoms with Crippen molar-refractivity contribution in [1.29, 1.82) is 0 Å². The summed E-state index contributed by atoms with van der Waals surface area (Å²) in [7, 11) is 0. The maximum absolute atomic E-state index is 13.1. The number of fused-ring (bicyclic) bond motifs is 2. The Kier molecular flexibility index (Phi) is 11.2. The van der Waals surface area contributed by atoms with Gasteiger partial charge in [0.05, 0.1) is 53.3 Å². The van der Waals surface area contributed by atoms with Crippen molar-refractivity contribution in [2.75, 3.05) is 56.2 Å². The third-order valence-corrected chi connectivity index (χ3v) is 10.5. The monoisotopic (exact) mass is 735 g/mol. The molecule has 3 fully saturated rings. The average Bonchev–Trinajstić information content (AvgIpc) is 3.44. The van der Waals surface area contributed by atoms with Gasteiger partial charge in [0.25, 0.3) is 11.8 Å². The van der Waals surface area contributed by atoms with E-state index in [1.165, 1.54) is 6.20 Å². The van der Waals surface area contributed by atoms with Gasteiger partial charge in [-0.1, -0.05) is 6.42 Å². The molecule has 15 nitrogen and oxygen atoms in total. The molecular formula is C39H45N9O6. The molecule has 1 aromatic heterocycles. The summed E-state index contributed by atoms with van der Waals surface area (Å²) in [5, 5.41) is 5.50. The van der Waals surface area contributed by atoms with E-state index in [2.05, 4.69) is 32.7 Å². The number of nitrogens with two attached hydrogens (primary N) is 1. The molecule has 4 aliphatic heterocycles. The highest BCUT2D eigenvalue weighted by atomic mass is 16.5. The van der Waals surface area contributed by atoms with Gasteiger partial charge in [0.2, 0.25) is 17.7 Å². The van der Waals surface area contributed by atoms with E-state index in [0.717, 1.165) is 66.8 Å². The van der Waals surface area contributed by atoms with Crippen LogP contribution in [0.2, 0.25) is 0 Å². The molecule has 54 heavy (non-hydrogen) atoms. The summed E-state index contributed by atoms with van der Waals surface area (Å²) >= 11 is 0. The second kappa shape index (κ2) is 16.5. The van der Waals surface area contributed by atoms with E-state index >= 15 is 0 Å². The number of imide groups is 2. The molecule has 5 amide bonds. The Morgan fingerprint density at radius 2 is 1.74 bits per heavy atom. The lowest BCUT2D eigenvalue weighted by molar-refractivity contribution is -0.136. The van der Waals surface area contributed by atoms with E-state index in [1.807, 2.05) is 11.0 Å². The van der Waals surface area contributed by atoms with Crippen LogP contribution in [0.15, 0.2) is 53.8 Å². The number of aliphatic imine (C=N–C) groups is 1. The van der Waals surface area contributed by atoms with E-state index in [1.54, 1.807) is 30.6 Å². The largest absolute Gasteiger partial charge is 0.404 e. The molecular weight excluding hydrogens is 690 g/mol. The van der Waals surface area contributed by atoms with Crippen LogP contribution in [0.25, 0.3) is 16.6 Å². The van der Waals surface area contributed by atoms with Crippen LogP contribution < -0.4 is 21.3 Å². The van der Waals surface area contributed by atoms with Crippen molar-refractivity contribution >= 4 is 63.7 Å². The molecule has 1 unspecified atom stereocenters. The number of unbranched alkanes of at least 4 members (excludes halogenated alkanes) is 2. The highest BCUT2D eigenvalue weighted by molar-refractivity contribution is 6.23. The number of nitrogens with one attached hydrogen (secondary N) is 2. The molecule has 3 aromatic rings. The number of hydrogen-bond donors (Lipinski definition) is 3. The second-order valence-electron chi connectivity index (χ2n) is 14.0. The first-order valence-electron chi connectivity index (χ1n) is 18.7. The number of carbonyl (C=O) groups excluding carboxylic acids is 5. The van der Waals surface area contributed by atoms with Gasteiger partial charge in [-0.25, -0.2) is 4.98 Å². The number of ether oxygens (including phenoxy) is 1. The average molecular weight is 736 g/mol. The van der Waals surface area contributed by atoms with Gasteiger partial charge in [-0.05, 0) is 68.5 Å². The van der Waals surface area contributed by atoms with Crippen LogP contribution in [0.4, 0.5) is 11.4 Å². The van der Waals surface area contributed by atoms with Crippen molar-refractivity contribution in [1.82, 2.24) is 25.1 Å². The molecule has 4 N–H and O–H groups in total. The molecule has 5 heterocycles. The number of piperidine rings is 2. The van der Waals surface area contributed by atoms with Gasteiger partial charge in [-0.3, -0.25) is 44.2 Å². The van der Waals surface area contributed by atoms with E-state index in [4.69, 9.17) is 20.4 Å². The number of morpholine rings is 1. The molecule has 3 saturated heterocycles. The van der Waals surface area contributed by atoms with E-state index in [0.29, 0.717) is 56.2 Å². The summed E-state index contributed by atoms with van der Waals surface area (Å²) in [4.78, 5) is 82.2. The summed E-state index contributed by atoms with van der Waals surface area (Å²) in [6.07, 6.45) is 9.66. The number of carbonyl (C=O) groups is 5. The Morgan fingerprint density at radius 3 is 2.52 bits per heavy atom. The SMILES string of the molecule is NC=C(C=NC1CCN(C(=O)CCCCCNc2ccc3c(c2)C(=O)N(C2CCC(=O)NC2=O)C3=O)CC1)c1cnc2ccc(N3CCOCC3)cc2n1. The second-order valence-corrected chi connectivity index (χ2v) is 14.0. The lowest BCUT2D eigenvalue weighted by atomic mass is 10.0. The fraction of sp³-hybridized carbons (Fsp3) is 0.436. The summed E-state index contributed by atoms with van der Waals surface area (Å²) < 4.78 is 5.48. The zero-order valence-corrected chi connectivity index (χ0v) is 30.2. The minimum absolute atomic E-state index is 0.0757. The predicted molar refractivity (Wildman–Crippen MR) is 203 cm³/mol. The third kappa shape index (κ3) is 8.10. The van der Waals surface area contributed by atoms with Crippen LogP contribution in [-0.2, 0) is 19.1 Å². The number of benzene rings is 2. The van der Waals surface area contributed by atoms with E-state index in [9.17, 15) is 24.0 Å². The summed E-state index contributed by atoms with van der Waals surface area (Å²) in [5.74, 6) is -1.95. The Hall–Kier alpha value is -5.70. The molecule has 7 rings (SSSR count). The fourth-order valence-corrected chi connectivity index (χ4v) is 7.35. The fourth-order valence-electron chi connectivity index (χ4n) is 7.35. The van der Waals surface area contributed by atoms with Crippen molar-refractivity contribution in [3.05, 3.63) is 65.6 Å². The lowest BCUT2D eigenvalue weighted by Crippen LogP contribution is -2.54. The Labute approximate surface area is 313 Å². The minimum Gasteiger partial charge on any atom is -0.404 e. The van der Waals surface area contributed by atoms with Gasteiger partial charge < -0.3 is 25.6 Å². The third-order valence-electron chi connectivity index (χ3n) is 10.5. The number of hydrogen-bond acceptors (Lipinski definition) is 12. The normalized spacial score (nSPS) is 19.9. The van der Waals surface area contributed by atoms with Crippen LogP contribution in [-0.4, -0.2) is 114 Å². The zero-order valence-electron chi connectivity index (χ0n) is 30.2. The zero-order chi connectivity index (χ0) is 37.6. The van der Waals surface area contributed by atoms with Crippen LogP contribution in [0, 0.1) is 0 Å². The molecule has 0 aliphatic carbocycles. The Balaban J connectivity index is 0.817. The first-order chi connectivity index (χ1) is 26.3. The summed E-state index contributed by atoms with van der Waals surface area (Å²) in [6.45, 7) is 5.05. The molecule has 15 heteroatoms. The topological polar surface area (TPSA) is 193 Å². The molecule has 0 bridgehead atoms. The van der Waals surface area contributed by atoms with Gasteiger partial charge in [0.1, 0.15) is 6.04 Å². The number of nitrogens with zero attached hydrogens (tertiary/aromatic N) is 6. The number of rotatable bonds is 12. The standard InChI is InChI=1S/C39H45N9O6/c40-22-25(33-24-43-31-8-6-28(21-32(31)44-33)46-16-18-54-19-17-46)23-42-26-11-14-47(15-12-26)36(50)4-2-1-3-13-41-27-5-7-29-30(20-27)39(53)48(38(29)52)34-9-10-35(49)45-37(34)51/h5-8,20-24,26,34,41H,1-4,9-19,40H2,(H,45,49,51). The highest BCUT2D eigenvalue weighted by Crippen LogP contribution is 2.30. The molecule has 1 atom stereocenters. The molecule has 2 aromatic carbocycles. The van der Waals surface area contributed by atoms with Crippen LogP contribution in [0.1, 0.15) is 77.8 Å². The maximum Gasteiger partial charge on any atom is 0.262 e. The number of allylic oxidation sites excluding steroid dienone is 1. The van der Waals surface area contributed by atoms with E-state index in [-0.39, 0.29) is 35.9 Å². The lowest BCUT2D eigenvalue weighted by Gasteiger charge is -2.30. The maximum atomic E-state index is 13.1. The Morgan fingerprint density at radius 1 is 0.944 bits per heavy atom. The van der Waals surface area contributed by atoms with Gasteiger partial charge in [-0.2, -0.15) is 0 Å². The van der Waals surface area contributed by atoms with Gasteiger partial charge in [0, 0.05) is 74.9 Å². The van der Waals surface area contributed by atoms with Crippen molar-refractivity contribution in [2.45, 2.75) is 63.5 Å². The van der Waals surface area contributed by atoms with Gasteiger partial charge in [0.15, 0.2) is 0 Å². The number of aromatic nitrogens is 2. The van der Waals surface area contributed by atoms with Crippen LogP contribution in [0.5, 0.6) is 0 Å². The summed E-state index contributed by atoms with van der Waals surface area (Å²) in [5.41, 5.74) is 11.2. The van der Waals surface area contributed by atoms with Crippen LogP contribution in [0.3, 0.4) is 0 Å². The molecule has 0 saturated carbocycles. The van der Waals surface area contributed by atoms with Crippen molar-refractivity contribution in [3.63, 3.8) is 0 Å². The van der Waals surface area contributed by atoms with Crippen molar-refractivity contribution in [3.8, 4) is 0 Å². The van der Waals surface area contributed by atoms with Gasteiger partial charge in [-0.15, -0.1) is 0 Å². The molecule has 4 aliphatic rings. The first-order valence-corrected chi connectivity index (χ1v) is 18.7. The number of amides is 5. The molecule has 282 valence electrons. The molecule has 0 radical (unpaired) electrons. The number of anilines is 2. The summed E-state index contributed by atoms with van der Waals surface area (Å²) in [6, 6.07) is 10.2. The van der Waals surface area contributed by atoms with Crippen molar-refractivity contribution in [2.24, 2.45) is 10.7 Å². The van der Waals surface area contributed by atoms with Gasteiger partial charge >= 0.3 is 0 Å². The smallest absolute Gasteiger partial charge is 0.262 e.